The molecule has 8 N–H and O–H groups in total. The normalized spacial score (nSPS) is 9.65. The van der Waals surface area contributed by atoms with Crippen molar-refractivity contribution in [1.82, 2.24) is 10.6 Å². The molecule has 0 radical (unpaired) electrons. The molecule has 0 bridgehead atoms. The number of anilines is 2. The lowest BCUT2D eigenvalue weighted by molar-refractivity contribution is 0.0954. The third-order valence-corrected chi connectivity index (χ3v) is 1.95. The highest BCUT2D eigenvalue weighted by atomic mass is 16.2. The van der Waals surface area contributed by atoms with Crippen molar-refractivity contribution in [1.29, 1.82) is 0 Å². The first kappa shape index (κ1) is 12.6. The summed E-state index contributed by atoms with van der Waals surface area (Å²) >= 11 is 0. The van der Waals surface area contributed by atoms with Crippen molar-refractivity contribution in [3.05, 3.63) is 23.8 Å². The summed E-state index contributed by atoms with van der Waals surface area (Å²) in [6, 6.07) is 3.97. The quantitative estimate of drug-likeness (QED) is 0.347. The molecule has 1 aromatic carbocycles. The number of nitrogen functional groups attached to an aromatic ring is 2. The van der Waals surface area contributed by atoms with Crippen LogP contribution in [0.2, 0.25) is 0 Å². The summed E-state index contributed by atoms with van der Waals surface area (Å²) in [5.74, 6) is -0.310. The number of carbonyl (C=O) groups excluding carboxylic acids is 2. The monoisotopic (exact) mass is 237 g/mol. The number of primary amides is 1. The van der Waals surface area contributed by atoms with Crippen molar-refractivity contribution < 1.29 is 9.59 Å². The molecule has 7 heteroatoms. The summed E-state index contributed by atoms with van der Waals surface area (Å²) in [4.78, 5) is 22.0. The van der Waals surface area contributed by atoms with E-state index in [9.17, 15) is 9.59 Å². The number of urea groups is 1. The van der Waals surface area contributed by atoms with Crippen LogP contribution in [0.3, 0.4) is 0 Å². The van der Waals surface area contributed by atoms with Gasteiger partial charge in [0.25, 0.3) is 5.91 Å². The maximum atomic E-state index is 11.6. The van der Waals surface area contributed by atoms with Crippen molar-refractivity contribution in [2.45, 2.75) is 0 Å². The number of rotatable bonds is 4. The molecule has 92 valence electrons. The number of benzene rings is 1. The maximum Gasteiger partial charge on any atom is 0.312 e. The fourth-order valence-corrected chi connectivity index (χ4v) is 1.27. The second-order valence-corrected chi connectivity index (χ2v) is 3.44. The van der Waals surface area contributed by atoms with Gasteiger partial charge in [-0.2, -0.15) is 0 Å². The van der Waals surface area contributed by atoms with Gasteiger partial charge in [0.1, 0.15) is 0 Å². The zero-order valence-electron chi connectivity index (χ0n) is 9.19. The molecule has 0 heterocycles. The van der Waals surface area contributed by atoms with Crippen molar-refractivity contribution in [2.75, 3.05) is 24.6 Å². The molecular formula is C10H15N5O2. The van der Waals surface area contributed by atoms with Gasteiger partial charge in [0, 0.05) is 30.0 Å². The standard InChI is InChI=1S/C10H15N5O2/c11-7-3-6(4-8(12)5-7)9(16)14-1-2-15-10(13)17/h3-5H,1-2,11-12H2,(H,14,16)(H3,13,15,17). The van der Waals surface area contributed by atoms with E-state index in [1.54, 1.807) is 6.07 Å². The minimum Gasteiger partial charge on any atom is -0.399 e. The molecule has 7 nitrogen and oxygen atoms in total. The highest BCUT2D eigenvalue weighted by Gasteiger charge is 2.06. The lowest BCUT2D eigenvalue weighted by Crippen LogP contribution is -2.37. The smallest absolute Gasteiger partial charge is 0.312 e. The van der Waals surface area contributed by atoms with Gasteiger partial charge in [-0.25, -0.2) is 4.79 Å². The molecule has 0 aliphatic rings. The lowest BCUT2D eigenvalue weighted by atomic mass is 10.1. The van der Waals surface area contributed by atoms with Crippen LogP contribution in [0, 0.1) is 0 Å². The van der Waals surface area contributed by atoms with Crippen LogP contribution in [0.4, 0.5) is 16.2 Å². The SMILES string of the molecule is NC(=O)NCCNC(=O)c1cc(N)cc(N)c1. The summed E-state index contributed by atoms with van der Waals surface area (Å²) in [6.07, 6.45) is 0. The molecule has 1 rings (SSSR count). The summed E-state index contributed by atoms with van der Waals surface area (Å²) in [7, 11) is 0. The second kappa shape index (κ2) is 5.59. The van der Waals surface area contributed by atoms with Gasteiger partial charge in [0.15, 0.2) is 0 Å². The average molecular weight is 237 g/mol. The first-order chi connectivity index (χ1) is 7.99. The number of hydrogen-bond donors (Lipinski definition) is 5. The van der Waals surface area contributed by atoms with Crippen LogP contribution >= 0.6 is 0 Å². The van der Waals surface area contributed by atoms with Crippen LogP contribution < -0.4 is 27.8 Å². The number of nitrogens with two attached hydrogens (primary N) is 3. The Morgan fingerprint density at radius 1 is 1.00 bits per heavy atom. The second-order valence-electron chi connectivity index (χ2n) is 3.44. The van der Waals surface area contributed by atoms with E-state index in [0.717, 1.165) is 0 Å². The number of nitrogens with one attached hydrogen (secondary N) is 2. The molecule has 0 aliphatic carbocycles. The fourth-order valence-electron chi connectivity index (χ4n) is 1.27. The Morgan fingerprint density at radius 3 is 2.06 bits per heavy atom. The zero-order chi connectivity index (χ0) is 12.8. The molecular weight excluding hydrogens is 222 g/mol. The van der Waals surface area contributed by atoms with Gasteiger partial charge in [0.05, 0.1) is 0 Å². The first-order valence-electron chi connectivity index (χ1n) is 4.96. The molecule has 0 spiro atoms. The van der Waals surface area contributed by atoms with Crippen LogP contribution in [0.25, 0.3) is 0 Å². The largest absolute Gasteiger partial charge is 0.399 e. The summed E-state index contributed by atoms with van der Waals surface area (Å²) in [6.45, 7) is 0.537. The summed E-state index contributed by atoms with van der Waals surface area (Å²) < 4.78 is 0. The third kappa shape index (κ3) is 4.29. The van der Waals surface area contributed by atoms with Gasteiger partial charge in [-0.05, 0) is 18.2 Å². The Morgan fingerprint density at radius 2 is 1.53 bits per heavy atom. The third-order valence-electron chi connectivity index (χ3n) is 1.95. The fraction of sp³-hybridized carbons (Fsp3) is 0.200. The van der Waals surface area contributed by atoms with E-state index in [1.165, 1.54) is 12.1 Å². The van der Waals surface area contributed by atoms with E-state index in [2.05, 4.69) is 10.6 Å². The Labute approximate surface area is 98.3 Å². The van der Waals surface area contributed by atoms with Crippen LogP contribution in [0.15, 0.2) is 18.2 Å². The van der Waals surface area contributed by atoms with Gasteiger partial charge in [-0.1, -0.05) is 0 Å². The molecule has 0 unspecified atom stereocenters. The lowest BCUT2D eigenvalue weighted by Gasteiger charge is -2.07. The molecule has 0 fully saturated rings. The van der Waals surface area contributed by atoms with Gasteiger partial charge >= 0.3 is 6.03 Å². The number of amides is 3. The zero-order valence-corrected chi connectivity index (χ0v) is 9.19. The van der Waals surface area contributed by atoms with Crippen LogP contribution in [-0.4, -0.2) is 25.0 Å². The molecule has 0 aliphatic heterocycles. The number of hydrogen-bond acceptors (Lipinski definition) is 4. The van der Waals surface area contributed by atoms with Crippen molar-refractivity contribution in [3.8, 4) is 0 Å². The number of carbonyl (C=O) groups is 2. The molecule has 3 amide bonds. The van der Waals surface area contributed by atoms with Gasteiger partial charge in [-0.15, -0.1) is 0 Å². The molecule has 0 atom stereocenters. The van der Waals surface area contributed by atoms with Crippen LogP contribution in [-0.2, 0) is 0 Å². The Hall–Kier alpha value is -2.44. The maximum absolute atomic E-state index is 11.6. The average Bonchev–Trinajstić information content (AvgIpc) is 2.22. The summed E-state index contributed by atoms with van der Waals surface area (Å²) in [5.41, 5.74) is 17.2. The highest BCUT2D eigenvalue weighted by molar-refractivity contribution is 5.96. The molecule has 17 heavy (non-hydrogen) atoms. The molecule has 0 aromatic heterocycles. The topological polar surface area (TPSA) is 136 Å². The van der Waals surface area contributed by atoms with E-state index >= 15 is 0 Å². The van der Waals surface area contributed by atoms with Gasteiger partial charge in [-0.3, -0.25) is 4.79 Å². The molecule has 0 saturated carbocycles. The highest BCUT2D eigenvalue weighted by Crippen LogP contribution is 2.13. The van der Waals surface area contributed by atoms with E-state index in [1.807, 2.05) is 0 Å². The van der Waals surface area contributed by atoms with Crippen LogP contribution in [0.5, 0.6) is 0 Å². The van der Waals surface area contributed by atoms with E-state index in [4.69, 9.17) is 17.2 Å². The predicted molar refractivity (Wildman–Crippen MR) is 65.2 cm³/mol. The predicted octanol–water partition coefficient (Wildman–Crippen LogP) is -0.751. The Bertz CT molecular complexity index is 412. The van der Waals surface area contributed by atoms with E-state index in [-0.39, 0.29) is 19.0 Å². The molecule has 1 aromatic rings. The molecule has 0 saturated heterocycles. The van der Waals surface area contributed by atoms with Crippen molar-refractivity contribution in [3.63, 3.8) is 0 Å². The first-order valence-corrected chi connectivity index (χ1v) is 4.96. The minimum atomic E-state index is -0.632. The van der Waals surface area contributed by atoms with Crippen LogP contribution in [0.1, 0.15) is 10.4 Å². The Balaban J connectivity index is 2.49. The van der Waals surface area contributed by atoms with Crippen molar-refractivity contribution >= 4 is 23.3 Å². The van der Waals surface area contributed by atoms with Crippen molar-refractivity contribution in [2.24, 2.45) is 5.73 Å². The minimum absolute atomic E-state index is 0.263. The van der Waals surface area contributed by atoms with E-state index < -0.39 is 6.03 Å². The Kier molecular flexibility index (Phi) is 4.15. The summed E-state index contributed by atoms with van der Waals surface area (Å²) in [5, 5.41) is 4.94. The van der Waals surface area contributed by atoms with Gasteiger partial charge in [0.2, 0.25) is 0 Å². The van der Waals surface area contributed by atoms with Gasteiger partial charge < -0.3 is 27.8 Å². The van der Waals surface area contributed by atoms with E-state index in [0.29, 0.717) is 16.9 Å².